The van der Waals surface area contributed by atoms with Crippen molar-refractivity contribution < 1.29 is 8.78 Å². The minimum absolute atomic E-state index is 0.130. The molecule has 1 fully saturated rings. The number of rotatable bonds is 4. The second-order valence-electron chi connectivity index (χ2n) is 6.20. The molecule has 0 amide bonds. The van der Waals surface area contributed by atoms with E-state index in [2.05, 4.69) is 6.92 Å². The van der Waals surface area contributed by atoms with E-state index < -0.39 is 11.6 Å². The quantitative estimate of drug-likeness (QED) is 0.682. The molecule has 0 nitrogen and oxygen atoms in total. The number of halogens is 2. The van der Waals surface area contributed by atoms with Gasteiger partial charge in [-0.1, -0.05) is 39.0 Å². The van der Waals surface area contributed by atoms with Gasteiger partial charge >= 0.3 is 0 Å². The molecule has 0 aliphatic heterocycles. The first-order valence-corrected chi connectivity index (χ1v) is 7.50. The monoisotopic (exact) mass is 266 g/mol. The Bertz CT molecular complexity index is 394. The van der Waals surface area contributed by atoms with Gasteiger partial charge < -0.3 is 0 Å². The molecule has 0 saturated heterocycles. The zero-order valence-electron chi connectivity index (χ0n) is 12.0. The SMILES string of the molecule is Cc1c(F)cc(CCCC2CCC(C)CC2)cc1F. The van der Waals surface area contributed by atoms with E-state index >= 15 is 0 Å². The van der Waals surface area contributed by atoms with Crippen molar-refractivity contribution in [1.82, 2.24) is 0 Å². The molecule has 0 heterocycles. The fraction of sp³-hybridized carbons (Fsp3) is 0.647. The molecule has 0 N–H and O–H groups in total. The number of benzene rings is 1. The van der Waals surface area contributed by atoms with Crippen LogP contribution in [0.1, 0.15) is 56.6 Å². The summed E-state index contributed by atoms with van der Waals surface area (Å²) in [5.41, 5.74) is 0.926. The molecule has 1 saturated carbocycles. The Kier molecular flexibility index (Phi) is 4.95. The van der Waals surface area contributed by atoms with Crippen LogP contribution < -0.4 is 0 Å². The van der Waals surface area contributed by atoms with E-state index in [1.54, 1.807) is 0 Å². The maximum absolute atomic E-state index is 13.4. The smallest absolute Gasteiger partial charge is 0.129 e. The lowest BCUT2D eigenvalue weighted by Gasteiger charge is -2.26. The van der Waals surface area contributed by atoms with E-state index in [1.165, 1.54) is 51.2 Å². The predicted molar refractivity (Wildman–Crippen MR) is 75.2 cm³/mol. The van der Waals surface area contributed by atoms with Gasteiger partial charge in [-0.15, -0.1) is 0 Å². The molecule has 0 bridgehead atoms. The van der Waals surface area contributed by atoms with E-state index in [1.807, 2.05) is 0 Å². The molecule has 1 aromatic carbocycles. The van der Waals surface area contributed by atoms with Gasteiger partial charge in [0.25, 0.3) is 0 Å². The minimum Gasteiger partial charge on any atom is -0.207 e. The van der Waals surface area contributed by atoms with Gasteiger partial charge in [-0.2, -0.15) is 0 Å². The van der Waals surface area contributed by atoms with Crippen LogP contribution in [0.25, 0.3) is 0 Å². The van der Waals surface area contributed by atoms with Gasteiger partial charge in [-0.25, -0.2) is 8.78 Å². The van der Waals surface area contributed by atoms with Gasteiger partial charge in [-0.05, 0) is 49.3 Å². The van der Waals surface area contributed by atoms with E-state index in [4.69, 9.17) is 0 Å². The summed E-state index contributed by atoms with van der Waals surface area (Å²) in [6.45, 7) is 3.81. The molecule has 0 aromatic heterocycles. The lowest BCUT2D eigenvalue weighted by atomic mass is 9.80. The molecule has 0 atom stereocenters. The third kappa shape index (κ3) is 4.02. The number of hydrogen-bond acceptors (Lipinski definition) is 0. The van der Waals surface area contributed by atoms with Crippen LogP contribution in [0.2, 0.25) is 0 Å². The van der Waals surface area contributed by atoms with Crippen LogP contribution in [0.5, 0.6) is 0 Å². The lowest BCUT2D eigenvalue weighted by molar-refractivity contribution is 0.273. The van der Waals surface area contributed by atoms with Crippen LogP contribution in [0.3, 0.4) is 0 Å². The highest BCUT2D eigenvalue weighted by atomic mass is 19.1. The maximum Gasteiger partial charge on any atom is 0.129 e. The van der Waals surface area contributed by atoms with E-state index in [0.29, 0.717) is 0 Å². The summed E-state index contributed by atoms with van der Waals surface area (Å²) < 4.78 is 26.9. The average Bonchev–Trinajstić information content (AvgIpc) is 2.38. The van der Waals surface area contributed by atoms with Crippen molar-refractivity contribution in [2.24, 2.45) is 11.8 Å². The highest BCUT2D eigenvalue weighted by molar-refractivity contribution is 5.25. The standard InChI is InChI=1S/C17H24F2/c1-12-6-8-14(9-7-12)4-3-5-15-10-16(18)13(2)17(19)11-15/h10-12,14H,3-9H2,1-2H3. The van der Waals surface area contributed by atoms with Crippen molar-refractivity contribution in [1.29, 1.82) is 0 Å². The van der Waals surface area contributed by atoms with Crippen molar-refractivity contribution in [2.75, 3.05) is 0 Å². The lowest BCUT2D eigenvalue weighted by Crippen LogP contribution is -2.12. The number of aryl methyl sites for hydroxylation is 1. The van der Waals surface area contributed by atoms with Crippen LogP contribution in [-0.4, -0.2) is 0 Å². The summed E-state index contributed by atoms with van der Waals surface area (Å²) >= 11 is 0. The second kappa shape index (κ2) is 6.49. The first-order valence-electron chi connectivity index (χ1n) is 7.50. The van der Waals surface area contributed by atoms with Crippen molar-refractivity contribution in [2.45, 2.75) is 58.8 Å². The molecule has 1 aliphatic rings. The molecule has 2 heteroatoms. The Morgan fingerprint density at radius 1 is 1.05 bits per heavy atom. The third-order valence-electron chi connectivity index (χ3n) is 4.55. The van der Waals surface area contributed by atoms with Gasteiger partial charge in [0.2, 0.25) is 0 Å². The summed E-state index contributed by atoms with van der Waals surface area (Å²) in [6.07, 6.45) is 8.39. The molecule has 2 rings (SSSR count). The van der Waals surface area contributed by atoms with Crippen molar-refractivity contribution in [3.05, 3.63) is 34.9 Å². The third-order valence-corrected chi connectivity index (χ3v) is 4.55. The summed E-state index contributed by atoms with van der Waals surface area (Å²) in [4.78, 5) is 0. The Morgan fingerprint density at radius 3 is 2.21 bits per heavy atom. The zero-order chi connectivity index (χ0) is 13.8. The first-order chi connectivity index (χ1) is 9.06. The van der Waals surface area contributed by atoms with Crippen LogP contribution in [0.15, 0.2) is 12.1 Å². The van der Waals surface area contributed by atoms with Crippen LogP contribution >= 0.6 is 0 Å². The van der Waals surface area contributed by atoms with Gasteiger partial charge in [0, 0.05) is 5.56 Å². The highest BCUT2D eigenvalue weighted by Crippen LogP contribution is 2.31. The Balaban J connectivity index is 1.79. The van der Waals surface area contributed by atoms with Gasteiger partial charge in [0.15, 0.2) is 0 Å². The molecular formula is C17H24F2. The zero-order valence-corrected chi connectivity index (χ0v) is 12.0. The molecule has 106 valence electrons. The Labute approximate surface area is 115 Å². The Hall–Kier alpha value is -0.920. The fourth-order valence-corrected chi connectivity index (χ4v) is 3.05. The van der Waals surface area contributed by atoms with Crippen molar-refractivity contribution >= 4 is 0 Å². The average molecular weight is 266 g/mol. The summed E-state index contributed by atoms with van der Waals surface area (Å²) in [7, 11) is 0. The van der Waals surface area contributed by atoms with Crippen molar-refractivity contribution in [3.8, 4) is 0 Å². The first kappa shape index (κ1) is 14.5. The molecule has 1 aromatic rings. The van der Waals surface area contributed by atoms with Gasteiger partial charge in [-0.3, -0.25) is 0 Å². The second-order valence-corrected chi connectivity index (χ2v) is 6.20. The number of hydrogen-bond donors (Lipinski definition) is 0. The van der Waals surface area contributed by atoms with Gasteiger partial charge in [0.05, 0.1) is 0 Å². The van der Waals surface area contributed by atoms with Crippen LogP contribution in [0, 0.1) is 30.4 Å². The Morgan fingerprint density at radius 2 is 1.63 bits per heavy atom. The van der Waals surface area contributed by atoms with Crippen LogP contribution in [-0.2, 0) is 6.42 Å². The molecular weight excluding hydrogens is 242 g/mol. The van der Waals surface area contributed by atoms with Gasteiger partial charge in [0.1, 0.15) is 11.6 Å². The normalized spacial score (nSPS) is 23.6. The predicted octanol–water partition coefficient (Wildman–Crippen LogP) is 5.42. The summed E-state index contributed by atoms with van der Waals surface area (Å²) in [5.74, 6) is 0.885. The molecule has 0 radical (unpaired) electrons. The highest BCUT2D eigenvalue weighted by Gasteiger charge is 2.17. The summed E-state index contributed by atoms with van der Waals surface area (Å²) in [5, 5.41) is 0. The molecule has 19 heavy (non-hydrogen) atoms. The summed E-state index contributed by atoms with van der Waals surface area (Å²) in [6, 6.07) is 2.97. The van der Waals surface area contributed by atoms with E-state index in [9.17, 15) is 8.78 Å². The van der Waals surface area contributed by atoms with E-state index in [0.717, 1.165) is 30.2 Å². The van der Waals surface area contributed by atoms with Crippen molar-refractivity contribution in [3.63, 3.8) is 0 Å². The minimum atomic E-state index is -0.415. The topological polar surface area (TPSA) is 0 Å². The van der Waals surface area contributed by atoms with Crippen LogP contribution in [0.4, 0.5) is 8.78 Å². The van der Waals surface area contributed by atoms with E-state index in [-0.39, 0.29) is 5.56 Å². The largest absolute Gasteiger partial charge is 0.207 e. The molecule has 0 spiro atoms. The molecule has 1 aliphatic carbocycles. The molecule has 0 unspecified atom stereocenters. The maximum atomic E-state index is 13.4. The fourth-order valence-electron chi connectivity index (χ4n) is 3.05.